The number of hydrogen-bond acceptors (Lipinski definition) is 21. The number of nitrogens with zero attached hydrogens (tertiary/aromatic N) is 1. The second-order valence-electron chi connectivity index (χ2n) is 19.3. The topological polar surface area (TPSA) is 337 Å². The fourth-order valence-corrected chi connectivity index (χ4v) is 8.43. The highest BCUT2D eigenvalue weighted by molar-refractivity contribution is 5.80. The maximum atomic E-state index is 10.3. The van der Waals surface area contributed by atoms with E-state index >= 15 is 0 Å². The molecule has 0 aliphatic carbocycles. The summed E-state index contributed by atoms with van der Waals surface area (Å²) in [7, 11) is 9.66. The van der Waals surface area contributed by atoms with Crippen LogP contribution >= 0.6 is 0 Å². The number of carbonyl (C=O) groups excluding carboxylic acids is 1. The van der Waals surface area contributed by atoms with Gasteiger partial charge in [0.1, 0.15) is 6.29 Å². The Hall–Kier alpha value is -9.26. The quantitative estimate of drug-likeness (QED) is 0.0145. The number of hydrogen-bond donors (Lipinski definition) is 13. The van der Waals surface area contributed by atoms with Crippen molar-refractivity contribution in [3.8, 4) is 57.5 Å². The highest BCUT2D eigenvalue weighted by atomic mass is 16.5. The Labute approximate surface area is 526 Å². The Bertz CT molecular complexity index is 3360. The van der Waals surface area contributed by atoms with Crippen molar-refractivity contribution in [2.45, 2.75) is 86.3 Å². The molecular weight excluding hydrogens is 1160 g/mol. The van der Waals surface area contributed by atoms with Crippen molar-refractivity contribution in [1.29, 1.82) is 0 Å². The van der Waals surface area contributed by atoms with Gasteiger partial charge >= 0.3 is 0 Å². The molecule has 90 heavy (non-hydrogen) atoms. The molecule has 8 aromatic carbocycles. The zero-order valence-corrected chi connectivity index (χ0v) is 50.9. The lowest BCUT2D eigenvalue weighted by Gasteiger charge is -2.11. The average molecular weight is 1240 g/mol. The minimum Gasteiger partial charge on any atom is -0.504 e. The van der Waals surface area contributed by atoms with E-state index < -0.39 is 0 Å². The first-order chi connectivity index (χ1) is 43.1. The van der Waals surface area contributed by atoms with Crippen molar-refractivity contribution in [2.75, 3.05) is 42.7 Å². The van der Waals surface area contributed by atoms with Gasteiger partial charge in [-0.3, -0.25) is 9.79 Å². The van der Waals surface area contributed by atoms with Gasteiger partial charge in [0.25, 0.3) is 0 Å². The summed E-state index contributed by atoms with van der Waals surface area (Å²) in [5.41, 5.74) is 16.9. The Morgan fingerprint density at radius 1 is 0.367 bits per heavy atom. The Balaban J connectivity index is 0.000000300. The number of aldehydes is 1. The van der Waals surface area contributed by atoms with Crippen LogP contribution in [0.5, 0.6) is 57.5 Å². The number of aliphatic hydroxyl groups is 6. The van der Waals surface area contributed by atoms with E-state index in [-0.39, 0.29) is 70.1 Å². The van der Waals surface area contributed by atoms with Gasteiger partial charge in [0, 0.05) is 44.5 Å². The number of aliphatic imine (C=N–C) groups is 1. The van der Waals surface area contributed by atoms with Gasteiger partial charge in [-0.15, -0.1) is 0 Å². The fraction of sp³-hybridized carbons (Fsp3) is 0.275. The zero-order valence-electron chi connectivity index (χ0n) is 50.9. The molecule has 0 aliphatic rings. The van der Waals surface area contributed by atoms with E-state index in [1.807, 2.05) is 84.9 Å². The lowest BCUT2D eigenvalue weighted by molar-refractivity contribution is 0.112. The van der Waals surface area contributed by atoms with Crippen LogP contribution in [0.1, 0.15) is 90.1 Å². The second-order valence-corrected chi connectivity index (χ2v) is 19.3. The third kappa shape index (κ3) is 24.0. The first kappa shape index (κ1) is 75.0. The molecule has 0 bridgehead atoms. The van der Waals surface area contributed by atoms with Crippen molar-refractivity contribution in [1.82, 2.24) is 10.6 Å². The van der Waals surface area contributed by atoms with Crippen LogP contribution in [0.15, 0.2) is 151 Å². The summed E-state index contributed by atoms with van der Waals surface area (Å²) in [6.07, 6.45) is 2.46. The molecular formula is C69H86N4O17. The summed E-state index contributed by atoms with van der Waals surface area (Å²) in [5, 5.41) is 98.2. The van der Waals surface area contributed by atoms with E-state index in [4.69, 9.17) is 44.4 Å². The molecule has 8 aromatic rings. The smallest absolute Gasteiger partial charge is 0.161 e. The van der Waals surface area contributed by atoms with E-state index in [2.05, 4.69) is 15.6 Å². The number of phenolic OH excluding ortho intramolecular Hbond substituents is 4. The van der Waals surface area contributed by atoms with Crippen LogP contribution in [-0.4, -0.2) is 106 Å². The second kappa shape index (κ2) is 41.1. The zero-order chi connectivity index (χ0) is 65.1. The maximum Gasteiger partial charge on any atom is 0.161 e. The van der Waals surface area contributed by atoms with Gasteiger partial charge in [-0.2, -0.15) is 0 Å². The summed E-state index contributed by atoms with van der Waals surface area (Å²) >= 11 is 0. The molecule has 21 heteroatoms. The third-order valence-corrected chi connectivity index (χ3v) is 13.4. The van der Waals surface area contributed by atoms with Crippen LogP contribution in [0.4, 0.5) is 0 Å². The summed E-state index contributed by atoms with van der Waals surface area (Å²) in [6, 6.07) is 42.4. The minimum atomic E-state index is -0.155. The molecule has 0 radical (unpaired) electrons. The van der Waals surface area contributed by atoms with Crippen LogP contribution < -0.4 is 44.8 Å². The lowest BCUT2D eigenvalue weighted by atomic mass is 10.0. The standard InChI is InChI=1S/C18H23NO4.C18H21NO4.C14H15NO4.C9H13NO2.C9H10O3.CH4/c2*1-22-17-6-4-14(8-18(17)23-2)10-19-9-13-3-5-15(11-20)16(7-13)12-21;16-11-3-1-9(5-13(11)18)7-15-8-10-2-4-12(17)14(19)6-10;1-11-8-4-3-7(6-10)5-9(8)12-2;10-4-7-1-2-8(5-11)9(3-7)6-12;/h3-8,19-21H,9-12H2,1-2H3;3-9,20-21H,10-12H2,1-2H3;1-6,15-19H,7-8H2;3-5H,6,10H2,1-2H3;1-4,11-12H,5-6H2;1H4. The van der Waals surface area contributed by atoms with E-state index in [1.165, 1.54) is 24.3 Å². The molecule has 14 N–H and O–H groups in total. The molecule has 0 spiro atoms. The number of phenols is 4. The average Bonchev–Trinajstić information content (AvgIpc) is 2.74. The molecule has 0 amide bonds. The van der Waals surface area contributed by atoms with Crippen molar-refractivity contribution in [3.63, 3.8) is 0 Å². The summed E-state index contributed by atoms with van der Waals surface area (Å²) in [6.45, 7) is 2.82. The van der Waals surface area contributed by atoms with Gasteiger partial charge in [-0.05, 0) is 145 Å². The molecule has 484 valence electrons. The van der Waals surface area contributed by atoms with Gasteiger partial charge in [0.2, 0.25) is 0 Å². The van der Waals surface area contributed by atoms with Crippen LogP contribution in [0.2, 0.25) is 0 Å². The van der Waals surface area contributed by atoms with E-state index in [0.717, 1.165) is 67.1 Å². The highest BCUT2D eigenvalue weighted by Crippen LogP contribution is 2.31. The van der Waals surface area contributed by atoms with Crippen LogP contribution in [0.25, 0.3) is 0 Å². The van der Waals surface area contributed by atoms with Crippen molar-refractivity contribution < 1.29 is 84.3 Å². The number of aromatic hydroxyl groups is 4. The number of benzene rings is 8. The number of nitrogens with one attached hydrogen (secondary N) is 2. The molecule has 0 unspecified atom stereocenters. The Morgan fingerprint density at radius 3 is 1.09 bits per heavy atom. The molecule has 0 saturated heterocycles. The molecule has 0 fully saturated rings. The SMILES string of the molecule is C.COc1ccc(CN)cc1OC.COc1ccc(CN=Cc2ccc(CO)c(CO)c2)cc1OC.COc1ccc(CNCc2ccc(CO)c(CO)c2)cc1OC.O=Cc1ccc(CO)c(CO)c1.Oc1ccc(CNCc2ccc(O)c(O)c2)cc1O. The van der Waals surface area contributed by atoms with E-state index in [9.17, 15) is 45.6 Å². The number of methoxy groups -OCH3 is 6. The molecule has 8 rings (SSSR count). The summed E-state index contributed by atoms with van der Waals surface area (Å²) in [5.74, 6) is 3.64. The summed E-state index contributed by atoms with van der Waals surface area (Å²) < 4.78 is 31.2. The van der Waals surface area contributed by atoms with Gasteiger partial charge < -0.3 is 95.9 Å². The first-order valence-electron chi connectivity index (χ1n) is 27.8. The predicted octanol–water partition coefficient (Wildman–Crippen LogP) is 8.37. The van der Waals surface area contributed by atoms with Crippen molar-refractivity contribution >= 4 is 12.5 Å². The lowest BCUT2D eigenvalue weighted by Crippen LogP contribution is -2.13. The largest absolute Gasteiger partial charge is 0.504 e. The fourth-order valence-electron chi connectivity index (χ4n) is 8.43. The van der Waals surface area contributed by atoms with Gasteiger partial charge in [-0.1, -0.05) is 80.2 Å². The number of nitrogens with two attached hydrogens (primary N) is 1. The Kier molecular flexibility index (Phi) is 34.2. The molecule has 21 nitrogen and oxygen atoms in total. The van der Waals surface area contributed by atoms with Crippen LogP contribution in [0, 0.1) is 0 Å². The number of carbonyl (C=O) groups is 1. The Morgan fingerprint density at radius 2 is 0.689 bits per heavy atom. The normalized spacial score (nSPS) is 10.3. The maximum absolute atomic E-state index is 10.3. The number of rotatable bonds is 25. The molecule has 0 saturated carbocycles. The van der Waals surface area contributed by atoms with Gasteiger partial charge in [0.15, 0.2) is 57.5 Å². The number of ether oxygens (including phenoxy) is 6. The molecule has 0 aliphatic heterocycles. The van der Waals surface area contributed by atoms with Crippen molar-refractivity contribution in [2.24, 2.45) is 10.7 Å². The molecule has 0 aromatic heterocycles. The highest BCUT2D eigenvalue weighted by Gasteiger charge is 2.09. The van der Waals surface area contributed by atoms with Gasteiger partial charge in [0.05, 0.1) is 88.8 Å². The monoisotopic (exact) mass is 1240 g/mol. The first-order valence-corrected chi connectivity index (χ1v) is 27.8. The molecule has 0 atom stereocenters. The summed E-state index contributed by atoms with van der Waals surface area (Å²) in [4.78, 5) is 14.7. The number of aliphatic hydroxyl groups excluding tert-OH is 6. The van der Waals surface area contributed by atoms with Gasteiger partial charge in [-0.25, -0.2) is 0 Å². The van der Waals surface area contributed by atoms with Crippen LogP contribution in [-0.2, 0) is 78.9 Å². The molecule has 0 heterocycles. The third-order valence-electron chi connectivity index (χ3n) is 13.4. The van der Waals surface area contributed by atoms with Crippen LogP contribution in [0.3, 0.4) is 0 Å². The van der Waals surface area contributed by atoms with E-state index in [1.54, 1.807) is 85.3 Å². The van der Waals surface area contributed by atoms with Crippen molar-refractivity contribution in [3.05, 3.63) is 223 Å². The predicted molar refractivity (Wildman–Crippen MR) is 345 cm³/mol. The van der Waals surface area contributed by atoms with E-state index in [0.29, 0.717) is 90.8 Å². The minimum absolute atomic E-state index is 0.